The molecule has 7 heteroatoms. The molecule has 1 aromatic heterocycles. The molecule has 0 bridgehead atoms. The Labute approximate surface area is 198 Å². The van der Waals surface area contributed by atoms with Crippen LogP contribution in [0.4, 0.5) is 17.3 Å². The number of ether oxygens (including phenoxy) is 1. The molecule has 3 aromatic carbocycles. The van der Waals surface area contributed by atoms with Gasteiger partial charge in [-0.15, -0.1) is 0 Å². The number of hydrogen-bond donors (Lipinski definition) is 1. The van der Waals surface area contributed by atoms with Crippen molar-refractivity contribution in [3.8, 4) is 11.5 Å². The van der Waals surface area contributed by atoms with Crippen LogP contribution in [-0.2, 0) is 0 Å². The summed E-state index contributed by atoms with van der Waals surface area (Å²) in [5.41, 5.74) is 2.32. The lowest BCUT2D eigenvalue weighted by Gasteiger charge is -2.36. The van der Waals surface area contributed by atoms with Crippen LogP contribution in [0.25, 0.3) is 0 Å². The Hall–Kier alpha value is -4.39. The van der Waals surface area contributed by atoms with Crippen LogP contribution >= 0.6 is 0 Å². The van der Waals surface area contributed by atoms with Crippen LogP contribution in [0, 0.1) is 0 Å². The number of anilines is 3. The van der Waals surface area contributed by atoms with E-state index in [1.807, 2.05) is 36.4 Å². The quantitative estimate of drug-likeness (QED) is 0.452. The molecular weight excluding hydrogens is 426 g/mol. The highest BCUT2D eigenvalue weighted by atomic mass is 16.5. The third-order valence-electron chi connectivity index (χ3n) is 5.68. The van der Waals surface area contributed by atoms with E-state index >= 15 is 0 Å². The molecule has 2 heterocycles. The number of aromatic nitrogens is 2. The normalized spacial score (nSPS) is 13.4. The summed E-state index contributed by atoms with van der Waals surface area (Å²) in [7, 11) is 0. The van der Waals surface area contributed by atoms with E-state index in [9.17, 15) is 4.79 Å². The van der Waals surface area contributed by atoms with E-state index in [0.717, 1.165) is 31.9 Å². The van der Waals surface area contributed by atoms with Crippen LogP contribution in [0.1, 0.15) is 10.4 Å². The van der Waals surface area contributed by atoms with Gasteiger partial charge in [-0.2, -0.15) is 0 Å². The number of piperazine rings is 1. The van der Waals surface area contributed by atoms with E-state index in [2.05, 4.69) is 49.4 Å². The fourth-order valence-corrected chi connectivity index (χ4v) is 3.85. The van der Waals surface area contributed by atoms with E-state index in [-0.39, 0.29) is 5.91 Å². The summed E-state index contributed by atoms with van der Waals surface area (Å²) in [6, 6.07) is 26.9. The monoisotopic (exact) mass is 451 g/mol. The van der Waals surface area contributed by atoms with E-state index in [1.165, 1.54) is 5.69 Å². The molecule has 5 rings (SSSR count). The molecule has 1 N–H and O–H groups in total. The molecule has 1 amide bonds. The smallest absolute Gasteiger partial charge is 0.255 e. The molecule has 170 valence electrons. The first-order valence-electron chi connectivity index (χ1n) is 11.3. The van der Waals surface area contributed by atoms with Crippen LogP contribution < -0.4 is 19.9 Å². The molecule has 1 saturated heterocycles. The largest absolute Gasteiger partial charge is 0.457 e. The second-order valence-corrected chi connectivity index (χ2v) is 7.98. The van der Waals surface area contributed by atoms with Gasteiger partial charge in [0, 0.05) is 37.4 Å². The van der Waals surface area contributed by atoms with Crippen molar-refractivity contribution in [2.45, 2.75) is 0 Å². The van der Waals surface area contributed by atoms with Crippen molar-refractivity contribution in [2.75, 3.05) is 41.3 Å². The molecule has 7 nitrogen and oxygen atoms in total. The Morgan fingerprint density at radius 1 is 0.706 bits per heavy atom. The van der Waals surface area contributed by atoms with Crippen molar-refractivity contribution in [3.63, 3.8) is 0 Å². The predicted octanol–water partition coefficient (Wildman–Crippen LogP) is 4.85. The number of carbonyl (C=O) groups is 1. The van der Waals surface area contributed by atoms with Crippen LogP contribution in [-0.4, -0.2) is 42.1 Å². The van der Waals surface area contributed by atoms with Gasteiger partial charge < -0.3 is 19.9 Å². The van der Waals surface area contributed by atoms with Crippen molar-refractivity contribution >= 4 is 23.2 Å². The molecule has 4 aromatic rings. The summed E-state index contributed by atoms with van der Waals surface area (Å²) < 4.78 is 5.77. The summed E-state index contributed by atoms with van der Waals surface area (Å²) in [5, 5.41) is 2.85. The maximum atomic E-state index is 12.6. The third kappa shape index (κ3) is 5.15. The topological polar surface area (TPSA) is 70.6 Å². The minimum Gasteiger partial charge on any atom is -0.457 e. The van der Waals surface area contributed by atoms with E-state index in [4.69, 9.17) is 4.74 Å². The fourth-order valence-electron chi connectivity index (χ4n) is 3.85. The molecule has 0 spiro atoms. The third-order valence-corrected chi connectivity index (χ3v) is 5.68. The van der Waals surface area contributed by atoms with Crippen LogP contribution in [0.15, 0.2) is 97.3 Å². The number of amides is 1. The molecule has 34 heavy (non-hydrogen) atoms. The zero-order valence-electron chi connectivity index (χ0n) is 18.7. The number of carbonyl (C=O) groups excluding carboxylic acids is 1. The average Bonchev–Trinajstić information content (AvgIpc) is 2.91. The van der Waals surface area contributed by atoms with Crippen molar-refractivity contribution in [2.24, 2.45) is 0 Å². The Morgan fingerprint density at radius 3 is 1.91 bits per heavy atom. The minimum atomic E-state index is -0.223. The second-order valence-electron chi connectivity index (χ2n) is 7.98. The lowest BCUT2D eigenvalue weighted by molar-refractivity contribution is 0.102. The lowest BCUT2D eigenvalue weighted by atomic mass is 10.2. The van der Waals surface area contributed by atoms with Crippen molar-refractivity contribution in [1.82, 2.24) is 9.97 Å². The molecule has 0 radical (unpaired) electrons. The maximum absolute atomic E-state index is 12.6. The van der Waals surface area contributed by atoms with Gasteiger partial charge in [-0.25, -0.2) is 9.97 Å². The molecule has 1 fully saturated rings. The van der Waals surface area contributed by atoms with Gasteiger partial charge in [0.15, 0.2) is 0 Å². The Balaban J connectivity index is 1.15. The minimum absolute atomic E-state index is 0.223. The second kappa shape index (κ2) is 10.0. The zero-order valence-corrected chi connectivity index (χ0v) is 18.7. The maximum Gasteiger partial charge on any atom is 0.255 e. The first-order chi connectivity index (χ1) is 16.7. The van der Waals surface area contributed by atoms with Gasteiger partial charge >= 0.3 is 0 Å². The molecule has 0 unspecified atom stereocenters. The van der Waals surface area contributed by atoms with Crippen LogP contribution in [0.2, 0.25) is 0 Å². The fraction of sp³-hybridized carbons (Fsp3) is 0.148. The number of rotatable bonds is 6. The number of para-hydroxylation sites is 2. The van der Waals surface area contributed by atoms with E-state index in [0.29, 0.717) is 22.9 Å². The van der Waals surface area contributed by atoms with Gasteiger partial charge in [-0.3, -0.25) is 4.79 Å². The number of nitrogens with one attached hydrogen (secondary N) is 1. The van der Waals surface area contributed by atoms with Crippen LogP contribution in [0.3, 0.4) is 0 Å². The lowest BCUT2D eigenvalue weighted by Crippen LogP contribution is -2.47. The Morgan fingerprint density at radius 2 is 1.26 bits per heavy atom. The summed E-state index contributed by atoms with van der Waals surface area (Å²) in [5.74, 6) is 1.87. The highest BCUT2D eigenvalue weighted by Crippen LogP contribution is 2.22. The molecule has 0 atom stereocenters. The zero-order chi connectivity index (χ0) is 23.2. The highest BCUT2D eigenvalue weighted by Gasteiger charge is 2.19. The van der Waals surface area contributed by atoms with Crippen molar-refractivity contribution < 1.29 is 9.53 Å². The van der Waals surface area contributed by atoms with Gasteiger partial charge in [-0.05, 0) is 48.5 Å². The van der Waals surface area contributed by atoms with Gasteiger partial charge in [0.1, 0.15) is 11.5 Å². The van der Waals surface area contributed by atoms with Crippen molar-refractivity contribution in [1.29, 1.82) is 0 Å². The first kappa shape index (κ1) is 21.5. The van der Waals surface area contributed by atoms with E-state index in [1.54, 1.807) is 36.7 Å². The van der Waals surface area contributed by atoms with Crippen molar-refractivity contribution in [3.05, 3.63) is 103 Å². The van der Waals surface area contributed by atoms with Gasteiger partial charge in [0.25, 0.3) is 5.91 Å². The Bertz CT molecular complexity index is 1210. The van der Waals surface area contributed by atoms with E-state index < -0.39 is 0 Å². The number of benzene rings is 3. The molecule has 0 aliphatic carbocycles. The molecule has 1 aliphatic rings. The predicted molar refractivity (Wildman–Crippen MR) is 134 cm³/mol. The van der Waals surface area contributed by atoms with Gasteiger partial charge in [-0.1, -0.05) is 36.4 Å². The molecule has 1 aliphatic heterocycles. The molecule has 0 saturated carbocycles. The highest BCUT2D eigenvalue weighted by molar-refractivity contribution is 6.04. The van der Waals surface area contributed by atoms with Gasteiger partial charge in [0.2, 0.25) is 5.95 Å². The number of nitrogens with zero attached hydrogens (tertiary/aromatic N) is 4. The average molecular weight is 452 g/mol. The van der Waals surface area contributed by atoms with Gasteiger partial charge in [0.05, 0.1) is 18.1 Å². The Kier molecular flexibility index (Phi) is 6.34. The number of hydrogen-bond acceptors (Lipinski definition) is 6. The first-order valence-corrected chi connectivity index (χ1v) is 11.3. The molecular formula is C27H25N5O2. The summed E-state index contributed by atoms with van der Waals surface area (Å²) in [6.45, 7) is 3.52. The standard InChI is InChI=1S/C27H25N5O2/c33-26(21-11-13-25(14-12-21)34-24-9-5-2-6-10-24)30-22-19-28-27(29-20-22)32-17-15-31(16-18-32)23-7-3-1-4-8-23/h1-14,19-20H,15-18H2,(H,30,33). The SMILES string of the molecule is O=C(Nc1cnc(N2CCN(c3ccccc3)CC2)nc1)c1ccc(Oc2ccccc2)cc1. The summed E-state index contributed by atoms with van der Waals surface area (Å²) in [4.78, 5) is 26.1. The summed E-state index contributed by atoms with van der Waals surface area (Å²) in [6.07, 6.45) is 3.30. The van der Waals surface area contributed by atoms with Crippen LogP contribution in [0.5, 0.6) is 11.5 Å². The summed E-state index contributed by atoms with van der Waals surface area (Å²) >= 11 is 0.